The number of esters is 1. The second-order valence-electron chi connectivity index (χ2n) is 2.15. The van der Waals surface area contributed by atoms with Crippen LogP contribution in [0, 0.1) is 0 Å². The normalized spacial score (nSPS) is 46.3. The van der Waals surface area contributed by atoms with Crippen molar-refractivity contribution < 1.29 is 14.3 Å². The Morgan fingerprint density at radius 1 is 1.67 bits per heavy atom. The van der Waals surface area contributed by atoms with Crippen molar-refractivity contribution in [2.24, 2.45) is 0 Å². The average molecular weight is 193 g/mol. The van der Waals surface area contributed by atoms with Gasteiger partial charge in [-0.15, -0.1) is 0 Å². The minimum absolute atomic E-state index is 0.0394. The summed E-state index contributed by atoms with van der Waals surface area (Å²) in [6.07, 6.45) is -0.216. The van der Waals surface area contributed by atoms with Gasteiger partial charge in [-0.2, -0.15) is 0 Å². The molecule has 0 saturated carbocycles. The molecule has 0 bridgehead atoms. The molecule has 2 fully saturated rings. The van der Waals surface area contributed by atoms with E-state index in [0.29, 0.717) is 5.33 Å². The molecule has 0 aromatic rings. The van der Waals surface area contributed by atoms with E-state index >= 15 is 0 Å². The Morgan fingerprint density at radius 3 is 2.67 bits per heavy atom. The maximum atomic E-state index is 10.6. The van der Waals surface area contributed by atoms with Gasteiger partial charge in [0.05, 0.1) is 0 Å². The van der Waals surface area contributed by atoms with Crippen molar-refractivity contribution in [2.75, 3.05) is 5.33 Å². The van der Waals surface area contributed by atoms with Crippen LogP contribution in [0.15, 0.2) is 0 Å². The van der Waals surface area contributed by atoms with Crippen molar-refractivity contribution in [3.8, 4) is 0 Å². The van der Waals surface area contributed by atoms with E-state index in [2.05, 4.69) is 15.9 Å². The van der Waals surface area contributed by atoms with E-state index in [4.69, 9.17) is 9.47 Å². The average Bonchev–Trinajstić information content (AvgIpc) is 2.56. The molecule has 0 amide bonds. The van der Waals surface area contributed by atoms with Crippen LogP contribution in [0.1, 0.15) is 0 Å². The van der Waals surface area contributed by atoms with Crippen LogP contribution in [0.3, 0.4) is 0 Å². The highest BCUT2D eigenvalue weighted by Gasteiger charge is 2.58. The van der Waals surface area contributed by atoms with E-state index in [1.165, 1.54) is 0 Å². The van der Waals surface area contributed by atoms with Crippen LogP contribution in [-0.2, 0) is 14.3 Å². The zero-order chi connectivity index (χ0) is 6.43. The number of carbonyl (C=O) groups excluding carboxylic acids is 1. The van der Waals surface area contributed by atoms with Crippen LogP contribution in [0.5, 0.6) is 0 Å². The van der Waals surface area contributed by atoms with Crippen LogP contribution in [0.25, 0.3) is 0 Å². The molecule has 2 aliphatic heterocycles. The van der Waals surface area contributed by atoms with Gasteiger partial charge in [-0.05, 0) is 0 Å². The van der Waals surface area contributed by atoms with E-state index in [1.54, 1.807) is 0 Å². The van der Waals surface area contributed by atoms with Crippen LogP contribution < -0.4 is 0 Å². The van der Waals surface area contributed by atoms with E-state index in [9.17, 15) is 4.79 Å². The van der Waals surface area contributed by atoms with Gasteiger partial charge in [0.15, 0.2) is 6.10 Å². The summed E-state index contributed by atoms with van der Waals surface area (Å²) in [4.78, 5) is 10.6. The van der Waals surface area contributed by atoms with Gasteiger partial charge in [0.1, 0.15) is 12.2 Å². The molecular formula is C5H5BrO3. The number of fused-ring (bicyclic) bond motifs is 1. The summed E-state index contributed by atoms with van der Waals surface area (Å²) in [6.45, 7) is 0. The highest BCUT2D eigenvalue weighted by Crippen LogP contribution is 2.35. The number of ether oxygens (including phenoxy) is 2. The van der Waals surface area contributed by atoms with Gasteiger partial charge in [-0.25, -0.2) is 4.79 Å². The monoisotopic (exact) mass is 192 g/mol. The molecule has 9 heavy (non-hydrogen) atoms. The molecular weight excluding hydrogens is 188 g/mol. The first-order valence-electron chi connectivity index (χ1n) is 2.75. The lowest BCUT2D eigenvalue weighted by molar-refractivity contribution is -0.148. The van der Waals surface area contributed by atoms with Gasteiger partial charge in [0, 0.05) is 5.33 Å². The first-order valence-corrected chi connectivity index (χ1v) is 3.87. The highest BCUT2D eigenvalue weighted by molar-refractivity contribution is 9.09. The third-order valence-electron chi connectivity index (χ3n) is 1.54. The highest BCUT2D eigenvalue weighted by atomic mass is 79.9. The largest absolute Gasteiger partial charge is 0.457 e. The number of halogens is 1. The van der Waals surface area contributed by atoms with E-state index in [0.717, 1.165) is 0 Å². The number of rotatable bonds is 1. The van der Waals surface area contributed by atoms with Crippen LogP contribution in [0.2, 0.25) is 0 Å². The lowest BCUT2D eigenvalue weighted by Gasteiger charge is -2.05. The molecule has 0 aliphatic carbocycles. The van der Waals surface area contributed by atoms with Crippen molar-refractivity contribution in [2.45, 2.75) is 18.3 Å². The van der Waals surface area contributed by atoms with E-state index < -0.39 is 0 Å². The van der Waals surface area contributed by atoms with Gasteiger partial charge in [-0.3, -0.25) is 0 Å². The molecule has 2 rings (SSSR count). The molecule has 0 N–H and O–H groups in total. The summed E-state index contributed by atoms with van der Waals surface area (Å²) < 4.78 is 9.83. The number of cyclic esters (lactones) is 1. The number of hydrogen-bond acceptors (Lipinski definition) is 3. The van der Waals surface area contributed by atoms with Crippen LogP contribution in [0.4, 0.5) is 0 Å². The number of carbonyl (C=O) groups is 1. The smallest absolute Gasteiger partial charge is 0.338 e. The Hall–Kier alpha value is -0.0900. The molecule has 0 radical (unpaired) electrons. The lowest BCUT2D eigenvalue weighted by Crippen LogP contribution is -2.17. The zero-order valence-corrected chi connectivity index (χ0v) is 6.13. The molecule has 3 atom stereocenters. The molecule has 2 aliphatic rings. The Bertz CT molecular complexity index is 158. The molecule has 0 aromatic carbocycles. The molecule has 4 heteroatoms. The minimum Gasteiger partial charge on any atom is -0.457 e. The quantitative estimate of drug-likeness (QED) is 0.336. The first kappa shape index (κ1) is 5.68. The third-order valence-corrected chi connectivity index (χ3v) is 2.18. The summed E-state index contributed by atoms with van der Waals surface area (Å²) >= 11 is 3.21. The standard InChI is InChI=1S/C5H5BrO3/c6-1-2-3-4(9-3)5(7)8-2/h2-4H,1H2/t2-,3-,4-/m0/s1. The van der Waals surface area contributed by atoms with E-state index in [1.807, 2.05) is 0 Å². The molecule has 0 spiro atoms. The number of epoxide rings is 1. The number of hydrogen-bond donors (Lipinski definition) is 0. The molecule has 3 nitrogen and oxygen atoms in total. The van der Waals surface area contributed by atoms with Crippen LogP contribution >= 0.6 is 15.9 Å². The van der Waals surface area contributed by atoms with Crippen molar-refractivity contribution >= 4 is 21.9 Å². The zero-order valence-electron chi connectivity index (χ0n) is 4.54. The lowest BCUT2D eigenvalue weighted by atomic mass is 10.3. The van der Waals surface area contributed by atoms with Crippen molar-refractivity contribution in [1.29, 1.82) is 0 Å². The maximum Gasteiger partial charge on any atom is 0.338 e. The van der Waals surface area contributed by atoms with E-state index in [-0.39, 0.29) is 24.3 Å². The Kier molecular flexibility index (Phi) is 1.07. The van der Waals surface area contributed by atoms with Crippen molar-refractivity contribution in [1.82, 2.24) is 0 Å². The molecule has 0 unspecified atom stereocenters. The summed E-state index contributed by atoms with van der Waals surface area (Å²) in [5, 5.41) is 0.680. The fraction of sp³-hybridized carbons (Fsp3) is 0.800. The maximum absolute atomic E-state index is 10.6. The van der Waals surface area contributed by atoms with Gasteiger partial charge >= 0.3 is 5.97 Å². The Balaban J connectivity index is 2.08. The summed E-state index contributed by atoms with van der Waals surface area (Å²) in [7, 11) is 0. The van der Waals surface area contributed by atoms with Gasteiger partial charge in [0.25, 0.3) is 0 Å². The summed E-state index contributed by atoms with van der Waals surface area (Å²) in [5.41, 5.74) is 0. The first-order chi connectivity index (χ1) is 4.33. The molecule has 2 heterocycles. The van der Waals surface area contributed by atoms with Crippen LogP contribution in [-0.4, -0.2) is 29.6 Å². The number of alkyl halides is 1. The second-order valence-corrected chi connectivity index (χ2v) is 2.80. The Morgan fingerprint density at radius 2 is 2.44 bits per heavy atom. The molecule has 2 saturated heterocycles. The second kappa shape index (κ2) is 1.70. The van der Waals surface area contributed by atoms with Crippen molar-refractivity contribution in [3.63, 3.8) is 0 Å². The summed E-state index contributed by atoms with van der Waals surface area (Å²) in [5.74, 6) is -0.204. The fourth-order valence-electron chi connectivity index (χ4n) is 0.999. The predicted octanol–water partition coefficient (Wildman–Crippen LogP) is 0.0741. The van der Waals surface area contributed by atoms with Crippen molar-refractivity contribution in [3.05, 3.63) is 0 Å². The molecule has 50 valence electrons. The third kappa shape index (κ3) is 0.697. The van der Waals surface area contributed by atoms with Gasteiger partial charge in [0.2, 0.25) is 0 Å². The fourth-order valence-corrected chi connectivity index (χ4v) is 1.50. The summed E-state index contributed by atoms with van der Waals surface area (Å²) in [6, 6.07) is 0. The Labute approximate surface area is 60.4 Å². The predicted molar refractivity (Wildman–Crippen MR) is 32.3 cm³/mol. The van der Waals surface area contributed by atoms with Gasteiger partial charge in [-0.1, -0.05) is 15.9 Å². The minimum atomic E-state index is -0.229. The topological polar surface area (TPSA) is 38.8 Å². The van der Waals surface area contributed by atoms with Gasteiger partial charge < -0.3 is 9.47 Å². The SMILES string of the molecule is O=C1O[C@@H](CBr)[C@@H]2O[C@H]12. The molecule has 0 aromatic heterocycles.